The molecule has 104 valence electrons. The Hall–Kier alpha value is -1.14. The highest BCUT2D eigenvalue weighted by molar-refractivity contribution is 5.75. The highest BCUT2D eigenvalue weighted by Crippen LogP contribution is 2.43. The second-order valence-electron chi connectivity index (χ2n) is 5.75. The van der Waals surface area contributed by atoms with Crippen LogP contribution in [0.15, 0.2) is 0 Å². The molecule has 1 aliphatic rings. The predicted octanol–water partition coefficient (Wildman–Crippen LogP) is 1.32. The van der Waals surface area contributed by atoms with Gasteiger partial charge < -0.3 is 14.7 Å². The van der Waals surface area contributed by atoms with E-state index < -0.39 is 28.9 Å². The topological polar surface area (TPSA) is 76.1 Å². The third kappa shape index (κ3) is 2.81. The van der Waals surface area contributed by atoms with E-state index in [0.717, 1.165) is 0 Å². The van der Waals surface area contributed by atoms with Crippen molar-refractivity contribution in [1.29, 1.82) is 0 Å². The maximum atomic E-state index is 11.9. The summed E-state index contributed by atoms with van der Waals surface area (Å²) in [6.07, 6.45) is 0.482. The molecule has 1 N–H and O–H groups in total. The third-order valence-electron chi connectivity index (χ3n) is 3.42. The molecule has 1 fully saturated rings. The first-order chi connectivity index (χ1) is 8.09. The summed E-state index contributed by atoms with van der Waals surface area (Å²) in [4.78, 5) is 22.5. The normalized spacial score (nSPS) is 25.8. The van der Waals surface area contributed by atoms with Crippen molar-refractivity contribution in [1.82, 2.24) is 5.06 Å². The quantitative estimate of drug-likeness (QED) is 0.608. The van der Waals surface area contributed by atoms with E-state index >= 15 is 0 Å². The van der Waals surface area contributed by atoms with Crippen molar-refractivity contribution in [2.24, 2.45) is 5.92 Å². The molecule has 1 rings (SSSR count). The van der Waals surface area contributed by atoms with Crippen LogP contribution in [0.4, 0.5) is 0 Å². The van der Waals surface area contributed by atoms with Crippen LogP contribution in [0.25, 0.3) is 0 Å². The van der Waals surface area contributed by atoms with Crippen molar-refractivity contribution in [3.8, 4) is 0 Å². The summed E-state index contributed by atoms with van der Waals surface area (Å²) >= 11 is 0. The molecule has 0 aromatic rings. The highest BCUT2D eigenvalue weighted by atomic mass is 16.7. The largest absolute Gasteiger partial charge is 0.428 e. The fraction of sp³-hybridized carbons (Fsp3) is 0.833. The van der Waals surface area contributed by atoms with Gasteiger partial charge in [-0.1, -0.05) is 0 Å². The molecule has 1 unspecified atom stereocenters. The number of hydrogen-bond acceptors (Lipinski definition) is 6. The summed E-state index contributed by atoms with van der Waals surface area (Å²) in [6.45, 7) is 8.12. The second-order valence-corrected chi connectivity index (χ2v) is 5.75. The maximum absolute atomic E-state index is 11.9. The van der Waals surface area contributed by atoms with Gasteiger partial charge in [0.25, 0.3) is 0 Å². The zero-order valence-electron chi connectivity index (χ0n) is 11.5. The standard InChI is InChI=1S/C12H21NO5/c1-8(14)17-7-18-10(15)9-6-11(2,3)13(16)12(9,4)5/h9,16H,6-7H2,1-5H3. The fourth-order valence-corrected chi connectivity index (χ4v) is 2.41. The molecule has 1 saturated heterocycles. The van der Waals surface area contributed by atoms with Crippen molar-refractivity contribution >= 4 is 11.9 Å². The molecule has 6 heteroatoms. The molecule has 0 aliphatic carbocycles. The van der Waals surface area contributed by atoms with Crippen molar-refractivity contribution in [3.05, 3.63) is 0 Å². The summed E-state index contributed by atoms with van der Waals surface area (Å²) in [6, 6.07) is 0. The number of esters is 2. The average Bonchev–Trinajstić information content (AvgIpc) is 2.38. The number of nitrogens with zero attached hydrogens (tertiary/aromatic N) is 1. The number of ether oxygens (including phenoxy) is 2. The SMILES string of the molecule is CC(=O)OCOC(=O)C1CC(C)(C)N(O)C1(C)C. The van der Waals surface area contributed by atoms with E-state index in [-0.39, 0.29) is 6.79 Å². The van der Waals surface area contributed by atoms with E-state index in [4.69, 9.17) is 4.74 Å². The molecule has 1 atom stereocenters. The molecule has 0 aromatic carbocycles. The Bertz CT molecular complexity index is 350. The lowest BCUT2D eigenvalue weighted by molar-refractivity contribution is -0.202. The molecule has 1 heterocycles. The summed E-state index contributed by atoms with van der Waals surface area (Å²) in [5.41, 5.74) is -1.20. The van der Waals surface area contributed by atoms with Crippen LogP contribution < -0.4 is 0 Å². The lowest BCUT2D eigenvalue weighted by Crippen LogP contribution is -2.48. The predicted molar refractivity (Wildman–Crippen MR) is 62.6 cm³/mol. The number of carbonyl (C=O) groups is 2. The van der Waals surface area contributed by atoms with Gasteiger partial charge in [-0.15, -0.1) is 0 Å². The summed E-state index contributed by atoms with van der Waals surface area (Å²) < 4.78 is 9.46. The van der Waals surface area contributed by atoms with E-state index in [1.165, 1.54) is 12.0 Å². The molecule has 0 saturated carbocycles. The molecule has 18 heavy (non-hydrogen) atoms. The van der Waals surface area contributed by atoms with E-state index in [1.54, 1.807) is 13.8 Å². The zero-order valence-corrected chi connectivity index (χ0v) is 11.5. The smallest absolute Gasteiger partial charge is 0.313 e. The first-order valence-electron chi connectivity index (χ1n) is 5.88. The first kappa shape index (κ1) is 14.9. The first-order valence-corrected chi connectivity index (χ1v) is 5.88. The van der Waals surface area contributed by atoms with Crippen molar-refractivity contribution in [2.75, 3.05) is 6.79 Å². The number of rotatable bonds is 3. The van der Waals surface area contributed by atoms with Crippen LogP contribution in [0.3, 0.4) is 0 Å². The third-order valence-corrected chi connectivity index (χ3v) is 3.42. The molecular weight excluding hydrogens is 238 g/mol. The van der Waals surface area contributed by atoms with Gasteiger partial charge in [0.15, 0.2) is 0 Å². The number of hydroxylamine groups is 2. The molecule has 0 amide bonds. The van der Waals surface area contributed by atoms with Crippen molar-refractivity contribution in [3.63, 3.8) is 0 Å². The molecule has 0 radical (unpaired) electrons. The minimum absolute atomic E-state index is 0.382. The minimum Gasteiger partial charge on any atom is -0.428 e. The van der Waals surface area contributed by atoms with Gasteiger partial charge in [0.2, 0.25) is 6.79 Å². The summed E-state index contributed by atoms with van der Waals surface area (Å²) in [5, 5.41) is 11.3. The van der Waals surface area contributed by atoms with E-state index in [2.05, 4.69) is 4.74 Å². The second kappa shape index (κ2) is 4.85. The van der Waals surface area contributed by atoms with Gasteiger partial charge in [-0.05, 0) is 34.1 Å². The Morgan fingerprint density at radius 1 is 1.28 bits per heavy atom. The molecule has 0 bridgehead atoms. The van der Waals surface area contributed by atoms with Crippen LogP contribution in [0.2, 0.25) is 0 Å². The van der Waals surface area contributed by atoms with Gasteiger partial charge in [0.05, 0.1) is 11.5 Å². The number of hydrogen-bond donors (Lipinski definition) is 1. The highest BCUT2D eigenvalue weighted by Gasteiger charge is 2.54. The Labute approximate surface area is 107 Å². The zero-order chi connectivity index (χ0) is 14.1. The van der Waals surface area contributed by atoms with Crippen LogP contribution in [0.1, 0.15) is 41.0 Å². The van der Waals surface area contributed by atoms with E-state index in [0.29, 0.717) is 6.42 Å². The number of carbonyl (C=O) groups excluding carboxylic acids is 2. The average molecular weight is 259 g/mol. The van der Waals surface area contributed by atoms with Gasteiger partial charge in [-0.3, -0.25) is 9.59 Å². The van der Waals surface area contributed by atoms with Crippen molar-refractivity contribution < 1.29 is 24.3 Å². The van der Waals surface area contributed by atoms with Crippen LogP contribution in [0.5, 0.6) is 0 Å². The molecule has 0 aromatic heterocycles. The Balaban J connectivity index is 2.66. The van der Waals surface area contributed by atoms with Gasteiger partial charge in [0, 0.05) is 12.5 Å². The van der Waals surface area contributed by atoms with Crippen LogP contribution in [0, 0.1) is 5.92 Å². The van der Waals surface area contributed by atoms with Crippen LogP contribution in [-0.4, -0.2) is 40.1 Å². The molecular formula is C12H21NO5. The summed E-state index contributed by atoms with van der Waals surface area (Å²) in [7, 11) is 0. The lowest BCUT2D eigenvalue weighted by atomic mass is 9.87. The Kier molecular flexibility index (Phi) is 4.02. The minimum atomic E-state index is -0.712. The molecule has 1 aliphatic heterocycles. The van der Waals surface area contributed by atoms with Gasteiger partial charge in [-0.2, -0.15) is 5.06 Å². The summed E-state index contributed by atoms with van der Waals surface area (Å²) in [5.74, 6) is -1.43. The Morgan fingerprint density at radius 3 is 2.22 bits per heavy atom. The van der Waals surface area contributed by atoms with Gasteiger partial charge in [0.1, 0.15) is 0 Å². The molecule has 6 nitrogen and oxygen atoms in total. The van der Waals surface area contributed by atoms with Crippen LogP contribution in [-0.2, 0) is 19.1 Å². The van der Waals surface area contributed by atoms with E-state index in [9.17, 15) is 14.8 Å². The van der Waals surface area contributed by atoms with Crippen LogP contribution >= 0.6 is 0 Å². The van der Waals surface area contributed by atoms with Gasteiger partial charge in [-0.25, -0.2) is 0 Å². The monoisotopic (exact) mass is 259 g/mol. The fourth-order valence-electron chi connectivity index (χ4n) is 2.41. The van der Waals surface area contributed by atoms with Crippen molar-refractivity contribution in [2.45, 2.75) is 52.1 Å². The Morgan fingerprint density at radius 2 is 1.83 bits per heavy atom. The molecule has 0 spiro atoms. The maximum Gasteiger partial charge on any atom is 0.313 e. The van der Waals surface area contributed by atoms with E-state index in [1.807, 2.05) is 13.8 Å². The lowest BCUT2D eigenvalue weighted by Gasteiger charge is -2.35. The van der Waals surface area contributed by atoms with Gasteiger partial charge >= 0.3 is 11.9 Å².